The monoisotopic (exact) mass is 256 g/mol. The molecule has 1 N–H and O–H groups in total. The minimum absolute atomic E-state index is 0.306. The molecular weight excluding hydrogens is 240 g/mol. The van der Waals surface area contributed by atoms with Gasteiger partial charge in [0.05, 0.1) is 17.6 Å². The topological polar surface area (TPSA) is 79.4 Å². The number of hydrogen-bond acceptors (Lipinski definition) is 5. The minimum Gasteiger partial charge on any atom is -0.336 e. The molecule has 19 heavy (non-hydrogen) atoms. The fourth-order valence-corrected chi connectivity index (χ4v) is 1.70. The highest BCUT2D eigenvalue weighted by molar-refractivity contribution is 5.57. The minimum atomic E-state index is 0.306. The number of nitriles is 1. The Bertz CT molecular complexity index is 578. The quantitative estimate of drug-likeness (QED) is 0.888. The lowest BCUT2D eigenvalue weighted by atomic mass is 10.3. The first-order chi connectivity index (χ1) is 9.24. The summed E-state index contributed by atoms with van der Waals surface area (Å²) in [6.45, 7) is 5.09. The summed E-state index contributed by atoms with van der Waals surface area (Å²) in [5, 5.41) is 23.9. The van der Waals surface area contributed by atoms with E-state index in [-0.39, 0.29) is 0 Å². The first-order valence-corrected chi connectivity index (χ1v) is 6.28. The molecule has 2 heterocycles. The van der Waals surface area contributed by atoms with Gasteiger partial charge in [0, 0.05) is 6.54 Å². The Morgan fingerprint density at radius 2 is 2.21 bits per heavy atom. The second-order valence-corrected chi connectivity index (χ2v) is 4.26. The van der Waals surface area contributed by atoms with E-state index in [4.69, 9.17) is 5.26 Å². The molecule has 6 nitrogen and oxygen atoms in total. The zero-order valence-electron chi connectivity index (χ0n) is 11.1. The van der Waals surface area contributed by atoms with Gasteiger partial charge >= 0.3 is 0 Å². The summed E-state index contributed by atoms with van der Waals surface area (Å²) in [6, 6.07) is 5.30. The molecule has 6 heteroatoms. The van der Waals surface area contributed by atoms with Crippen molar-refractivity contribution < 1.29 is 0 Å². The van der Waals surface area contributed by atoms with Crippen LogP contribution in [0.3, 0.4) is 0 Å². The van der Waals surface area contributed by atoms with Crippen molar-refractivity contribution in [2.75, 3.05) is 5.32 Å². The van der Waals surface area contributed by atoms with Crippen LogP contribution in [0.15, 0.2) is 18.3 Å². The summed E-state index contributed by atoms with van der Waals surface area (Å²) < 4.78 is 1.98. The number of anilines is 2. The van der Waals surface area contributed by atoms with Crippen molar-refractivity contribution in [3.63, 3.8) is 0 Å². The molecule has 0 amide bonds. The highest BCUT2D eigenvalue weighted by Crippen LogP contribution is 2.18. The molecule has 0 aliphatic heterocycles. The van der Waals surface area contributed by atoms with Crippen molar-refractivity contribution in [1.29, 1.82) is 5.26 Å². The molecule has 98 valence electrons. The third-order valence-electron chi connectivity index (χ3n) is 2.87. The van der Waals surface area contributed by atoms with Crippen LogP contribution in [0.5, 0.6) is 0 Å². The third kappa shape index (κ3) is 3.07. The van der Waals surface area contributed by atoms with Crippen LogP contribution in [0.1, 0.15) is 31.2 Å². The van der Waals surface area contributed by atoms with Crippen molar-refractivity contribution in [1.82, 2.24) is 20.0 Å². The molecule has 2 rings (SSSR count). The number of nitrogens with zero attached hydrogens (tertiary/aromatic N) is 5. The number of aryl methyl sites for hydroxylation is 1. The summed E-state index contributed by atoms with van der Waals surface area (Å²) in [5.74, 6) is 0.608. The van der Waals surface area contributed by atoms with Crippen LogP contribution >= 0.6 is 0 Å². The van der Waals surface area contributed by atoms with Gasteiger partial charge in [0.15, 0.2) is 11.5 Å². The van der Waals surface area contributed by atoms with Crippen LogP contribution in [-0.4, -0.2) is 20.0 Å². The van der Waals surface area contributed by atoms with E-state index in [0.29, 0.717) is 11.5 Å². The Morgan fingerprint density at radius 3 is 2.84 bits per heavy atom. The Kier molecular flexibility index (Phi) is 4.08. The fourth-order valence-electron chi connectivity index (χ4n) is 1.70. The summed E-state index contributed by atoms with van der Waals surface area (Å²) in [5.41, 5.74) is 2.29. The number of nitrogens with one attached hydrogen (secondary N) is 1. The molecule has 0 fully saturated rings. The Labute approximate surface area is 112 Å². The van der Waals surface area contributed by atoms with Crippen LogP contribution in [0.25, 0.3) is 0 Å². The standard InChI is InChI=1S/C13H16N6/c1-3-4-7-19-10(2)12(9-15-19)16-13-6-5-11(8-14)17-18-13/h5-6,9H,3-4,7H2,1-2H3,(H,16,18). The van der Waals surface area contributed by atoms with Crippen LogP contribution in [0.4, 0.5) is 11.5 Å². The molecule has 2 aromatic heterocycles. The number of rotatable bonds is 5. The van der Waals surface area contributed by atoms with Crippen molar-refractivity contribution in [2.24, 2.45) is 0 Å². The van der Waals surface area contributed by atoms with E-state index < -0.39 is 0 Å². The van der Waals surface area contributed by atoms with Crippen molar-refractivity contribution in [2.45, 2.75) is 33.2 Å². The number of aromatic nitrogens is 4. The van der Waals surface area contributed by atoms with Gasteiger partial charge in [-0.15, -0.1) is 10.2 Å². The highest BCUT2D eigenvalue weighted by Gasteiger charge is 2.07. The average Bonchev–Trinajstić information content (AvgIpc) is 2.78. The van der Waals surface area contributed by atoms with Gasteiger partial charge in [-0.2, -0.15) is 10.4 Å². The second kappa shape index (κ2) is 5.96. The van der Waals surface area contributed by atoms with E-state index in [0.717, 1.165) is 30.8 Å². The molecule has 0 saturated heterocycles. The Balaban J connectivity index is 2.10. The van der Waals surface area contributed by atoms with Gasteiger partial charge in [-0.1, -0.05) is 13.3 Å². The van der Waals surface area contributed by atoms with Crippen LogP contribution in [0, 0.1) is 18.3 Å². The molecule has 0 spiro atoms. The van der Waals surface area contributed by atoms with Gasteiger partial charge in [0.2, 0.25) is 0 Å². The van der Waals surface area contributed by atoms with Crippen molar-refractivity contribution >= 4 is 11.5 Å². The van der Waals surface area contributed by atoms with E-state index in [2.05, 4.69) is 27.5 Å². The fraction of sp³-hybridized carbons (Fsp3) is 0.385. The lowest BCUT2D eigenvalue weighted by Gasteiger charge is -2.06. The smallest absolute Gasteiger partial charge is 0.163 e. The zero-order valence-corrected chi connectivity index (χ0v) is 11.1. The summed E-state index contributed by atoms with van der Waals surface area (Å²) in [4.78, 5) is 0. The Morgan fingerprint density at radius 1 is 1.37 bits per heavy atom. The third-order valence-corrected chi connectivity index (χ3v) is 2.87. The maximum Gasteiger partial charge on any atom is 0.163 e. The molecule has 0 bridgehead atoms. The van der Waals surface area contributed by atoms with Gasteiger partial charge in [-0.25, -0.2) is 0 Å². The normalized spacial score (nSPS) is 10.2. The maximum atomic E-state index is 8.66. The molecule has 0 unspecified atom stereocenters. The van der Waals surface area contributed by atoms with E-state index in [1.807, 2.05) is 17.7 Å². The molecule has 0 atom stereocenters. The van der Waals surface area contributed by atoms with Gasteiger partial charge < -0.3 is 5.32 Å². The van der Waals surface area contributed by atoms with Gasteiger partial charge in [-0.3, -0.25) is 4.68 Å². The molecule has 0 aliphatic carbocycles. The predicted molar refractivity (Wildman–Crippen MR) is 71.9 cm³/mol. The summed E-state index contributed by atoms with van der Waals surface area (Å²) in [6.07, 6.45) is 4.03. The molecule has 0 aliphatic rings. The van der Waals surface area contributed by atoms with E-state index in [1.165, 1.54) is 0 Å². The molecular formula is C13H16N6. The van der Waals surface area contributed by atoms with E-state index in [9.17, 15) is 0 Å². The van der Waals surface area contributed by atoms with E-state index >= 15 is 0 Å². The van der Waals surface area contributed by atoms with E-state index in [1.54, 1.807) is 18.3 Å². The van der Waals surface area contributed by atoms with Crippen LogP contribution in [-0.2, 0) is 6.54 Å². The Hall–Kier alpha value is -2.42. The average molecular weight is 256 g/mol. The number of unbranched alkanes of at least 4 members (excludes halogenated alkanes) is 1. The first-order valence-electron chi connectivity index (χ1n) is 6.28. The van der Waals surface area contributed by atoms with Crippen molar-refractivity contribution in [3.05, 3.63) is 29.7 Å². The lowest BCUT2D eigenvalue weighted by Crippen LogP contribution is -2.03. The van der Waals surface area contributed by atoms with Crippen LogP contribution in [0.2, 0.25) is 0 Å². The lowest BCUT2D eigenvalue weighted by molar-refractivity contribution is 0.559. The first kappa shape index (κ1) is 13.0. The van der Waals surface area contributed by atoms with Crippen LogP contribution < -0.4 is 5.32 Å². The molecule has 0 aromatic carbocycles. The zero-order chi connectivity index (χ0) is 13.7. The second-order valence-electron chi connectivity index (χ2n) is 4.26. The summed E-state index contributed by atoms with van der Waals surface area (Å²) >= 11 is 0. The SMILES string of the molecule is CCCCn1ncc(Nc2ccc(C#N)nn2)c1C. The highest BCUT2D eigenvalue weighted by atomic mass is 15.3. The molecule has 0 radical (unpaired) electrons. The van der Waals surface area contributed by atoms with Gasteiger partial charge in [0.25, 0.3) is 0 Å². The predicted octanol–water partition coefficient (Wildman–Crippen LogP) is 2.40. The largest absolute Gasteiger partial charge is 0.336 e. The number of hydrogen-bond donors (Lipinski definition) is 1. The summed E-state index contributed by atoms with van der Waals surface area (Å²) in [7, 11) is 0. The van der Waals surface area contributed by atoms with Gasteiger partial charge in [0.1, 0.15) is 6.07 Å². The van der Waals surface area contributed by atoms with Gasteiger partial charge in [-0.05, 0) is 25.5 Å². The molecule has 2 aromatic rings. The maximum absolute atomic E-state index is 8.66. The van der Waals surface area contributed by atoms with Crippen molar-refractivity contribution in [3.8, 4) is 6.07 Å². The molecule has 0 saturated carbocycles.